The van der Waals surface area contributed by atoms with Crippen LogP contribution in [0.3, 0.4) is 0 Å². The number of para-hydroxylation sites is 1. The van der Waals surface area contributed by atoms with Gasteiger partial charge in [-0.3, -0.25) is 9.59 Å². The van der Waals surface area contributed by atoms with Gasteiger partial charge in [-0.15, -0.1) is 0 Å². The van der Waals surface area contributed by atoms with Crippen LogP contribution in [0.15, 0.2) is 48.5 Å². The zero-order valence-corrected chi connectivity index (χ0v) is 14.0. The largest absolute Gasteiger partial charge is 0.418 e. The van der Waals surface area contributed by atoms with E-state index in [9.17, 15) is 22.8 Å². The fraction of sp³-hybridized carbons (Fsp3) is 0.263. The smallest absolute Gasteiger partial charge is 0.326 e. The summed E-state index contributed by atoms with van der Waals surface area (Å²) in [5.74, 6) is -1.58. The molecule has 0 aromatic heterocycles. The molecule has 3 rings (SSSR count). The summed E-state index contributed by atoms with van der Waals surface area (Å²) in [6.45, 7) is 1.83. The standard InChI is InChI=1S/C19H17F3N2O2/c1-12-6-8-14(9-7-12)23-18(26)13-10-17(25)24(11-13)16-5-3-2-4-15(16)19(20,21)22/h2-9,13H,10-11H2,1H3,(H,23,26). The first kappa shape index (κ1) is 18.0. The molecular formula is C19H17F3N2O2. The van der Waals surface area contributed by atoms with Gasteiger partial charge in [0.25, 0.3) is 0 Å². The number of carbonyl (C=O) groups is 2. The van der Waals surface area contributed by atoms with Gasteiger partial charge in [0.05, 0.1) is 17.2 Å². The van der Waals surface area contributed by atoms with E-state index >= 15 is 0 Å². The van der Waals surface area contributed by atoms with E-state index in [2.05, 4.69) is 5.32 Å². The number of carbonyl (C=O) groups excluding carboxylic acids is 2. The fourth-order valence-corrected chi connectivity index (χ4v) is 2.95. The summed E-state index contributed by atoms with van der Waals surface area (Å²) in [4.78, 5) is 25.7. The van der Waals surface area contributed by atoms with E-state index in [1.54, 1.807) is 12.1 Å². The Hall–Kier alpha value is -2.83. The molecule has 26 heavy (non-hydrogen) atoms. The van der Waals surface area contributed by atoms with Gasteiger partial charge in [-0.25, -0.2) is 0 Å². The fourth-order valence-electron chi connectivity index (χ4n) is 2.95. The van der Waals surface area contributed by atoms with Crippen molar-refractivity contribution in [2.75, 3.05) is 16.8 Å². The van der Waals surface area contributed by atoms with Gasteiger partial charge in [-0.1, -0.05) is 29.8 Å². The first-order chi connectivity index (χ1) is 12.3. The maximum atomic E-state index is 13.2. The summed E-state index contributed by atoms with van der Waals surface area (Å²) >= 11 is 0. The molecule has 0 aliphatic carbocycles. The molecule has 4 nitrogen and oxygen atoms in total. The highest BCUT2D eigenvalue weighted by molar-refractivity contribution is 6.03. The third-order valence-corrected chi connectivity index (χ3v) is 4.32. The van der Waals surface area contributed by atoms with E-state index in [0.29, 0.717) is 5.69 Å². The lowest BCUT2D eigenvalue weighted by atomic mass is 10.1. The Morgan fingerprint density at radius 2 is 1.77 bits per heavy atom. The molecule has 1 N–H and O–H groups in total. The molecule has 1 aliphatic heterocycles. The molecule has 1 fully saturated rings. The monoisotopic (exact) mass is 362 g/mol. The van der Waals surface area contributed by atoms with Crippen LogP contribution in [-0.4, -0.2) is 18.4 Å². The van der Waals surface area contributed by atoms with Crippen molar-refractivity contribution in [2.45, 2.75) is 19.5 Å². The van der Waals surface area contributed by atoms with Crippen LogP contribution >= 0.6 is 0 Å². The normalized spacial score (nSPS) is 17.5. The number of alkyl halides is 3. The summed E-state index contributed by atoms with van der Waals surface area (Å²) in [5.41, 5.74) is 0.528. The topological polar surface area (TPSA) is 49.4 Å². The molecule has 0 saturated carbocycles. The van der Waals surface area contributed by atoms with E-state index in [1.165, 1.54) is 18.2 Å². The Labute approximate surface area is 148 Å². The lowest BCUT2D eigenvalue weighted by molar-refractivity contribution is -0.137. The number of halogens is 3. The number of rotatable bonds is 3. The molecule has 1 heterocycles. The van der Waals surface area contributed by atoms with Crippen LogP contribution in [-0.2, 0) is 15.8 Å². The first-order valence-electron chi connectivity index (χ1n) is 8.10. The highest BCUT2D eigenvalue weighted by Crippen LogP contribution is 2.38. The second-order valence-corrected chi connectivity index (χ2v) is 6.28. The van der Waals surface area contributed by atoms with E-state index in [-0.39, 0.29) is 24.6 Å². The van der Waals surface area contributed by atoms with Crippen LogP contribution in [0.5, 0.6) is 0 Å². The molecule has 2 aromatic carbocycles. The van der Waals surface area contributed by atoms with Gasteiger partial charge in [0, 0.05) is 18.7 Å². The second-order valence-electron chi connectivity index (χ2n) is 6.28. The van der Waals surface area contributed by atoms with Crippen LogP contribution in [0.2, 0.25) is 0 Å². The highest BCUT2D eigenvalue weighted by atomic mass is 19.4. The van der Waals surface area contributed by atoms with Gasteiger partial charge in [0.2, 0.25) is 11.8 Å². The first-order valence-corrected chi connectivity index (χ1v) is 8.10. The number of benzene rings is 2. The average Bonchev–Trinajstić information content (AvgIpc) is 2.98. The number of amides is 2. The Kier molecular flexibility index (Phi) is 4.71. The van der Waals surface area contributed by atoms with E-state index < -0.39 is 23.6 Å². The average molecular weight is 362 g/mol. The SMILES string of the molecule is Cc1ccc(NC(=O)C2CC(=O)N(c3ccccc3C(F)(F)F)C2)cc1. The van der Waals surface area contributed by atoms with Crippen LogP contribution in [0, 0.1) is 12.8 Å². The van der Waals surface area contributed by atoms with Crippen molar-refractivity contribution in [3.8, 4) is 0 Å². The number of nitrogens with zero attached hydrogens (tertiary/aromatic N) is 1. The predicted octanol–water partition coefficient (Wildman–Crippen LogP) is 4.01. The Morgan fingerprint density at radius 3 is 2.42 bits per heavy atom. The van der Waals surface area contributed by atoms with Gasteiger partial charge >= 0.3 is 6.18 Å². The predicted molar refractivity (Wildman–Crippen MR) is 91.7 cm³/mol. The maximum Gasteiger partial charge on any atom is 0.418 e. The Balaban J connectivity index is 1.77. The number of anilines is 2. The molecule has 1 atom stereocenters. The molecule has 1 unspecified atom stereocenters. The summed E-state index contributed by atoms with van der Waals surface area (Å²) in [5, 5.41) is 2.71. The minimum atomic E-state index is -4.57. The van der Waals surface area contributed by atoms with Gasteiger partial charge < -0.3 is 10.2 Å². The Bertz CT molecular complexity index is 831. The Morgan fingerprint density at radius 1 is 1.12 bits per heavy atom. The van der Waals surface area contributed by atoms with Gasteiger partial charge in [-0.2, -0.15) is 13.2 Å². The number of aryl methyl sites for hydroxylation is 1. The van der Waals surface area contributed by atoms with Crippen molar-refractivity contribution >= 4 is 23.2 Å². The molecule has 136 valence electrons. The summed E-state index contributed by atoms with van der Waals surface area (Å²) < 4.78 is 39.6. The molecule has 2 aromatic rings. The maximum absolute atomic E-state index is 13.2. The summed E-state index contributed by atoms with van der Waals surface area (Å²) in [7, 11) is 0. The van der Waals surface area contributed by atoms with Crippen molar-refractivity contribution in [3.63, 3.8) is 0 Å². The zero-order valence-electron chi connectivity index (χ0n) is 14.0. The minimum absolute atomic E-state index is 0.0797. The molecule has 0 bridgehead atoms. The van der Waals surface area contributed by atoms with Crippen molar-refractivity contribution in [1.82, 2.24) is 0 Å². The van der Waals surface area contributed by atoms with Crippen LogP contribution < -0.4 is 10.2 Å². The summed E-state index contributed by atoms with van der Waals surface area (Å²) in [6, 6.07) is 12.0. The number of hydrogen-bond acceptors (Lipinski definition) is 2. The van der Waals surface area contributed by atoms with Gasteiger partial charge in [-0.05, 0) is 31.2 Å². The zero-order chi connectivity index (χ0) is 18.9. The highest BCUT2D eigenvalue weighted by Gasteiger charge is 2.40. The molecule has 2 amide bonds. The van der Waals surface area contributed by atoms with Crippen LogP contribution in [0.4, 0.5) is 24.5 Å². The van der Waals surface area contributed by atoms with Gasteiger partial charge in [0.15, 0.2) is 0 Å². The van der Waals surface area contributed by atoms with E-state index in [4.69, 9.17) is 0 Å². The molecule has 0 spiro atoms. The molecule has 1 saturated heterocycles. The third kappa shape index (κ3) is 3.71. The lowest BCUT2D eigenvalue weighted by Crippen LogP contribution is -2.29. The van der Waals surface area contributed by atoms with E-state index in [0.717, 1.165) is 16.5 Å². The van der Waals surface area contributed by atoms with Crippen molar-refractivity contribution in [3.05, 3.63) is 59.7 Å². The lowest BCUT2D eigenvalue weighted by Gasteiger charge is -2.21. The van der Waals surface area contributed by atoms with Crippen LogP contribution in [0.25, 0.3) is 0 Å². The molecule has 7 heteroatoms. The van der Waals surface area contributed by atoms with Crippen LogP contribution in [0.1, 0.15) is 17.5 Å². The minimum Gasteiger partial charge on any atom is -0.326 e. The second kappa shape index (κ2) is 6.82. The van der Waals surface area contributed by atoms with Gasteiger partial charge in [0.1, 0.15) is 0 Å². The van der Waals surface area contributed by atoms with Crippen molar-refractivity contribution < 1.29 is 22.8 Å². The van der Waals surface area contributed by atoms with Crippen molar-refractivity contribution in [2.24, 2.45) is 5.92 Å². The quantitative estimate of drug-likeness (QED) is 0.897. The molecule has 1 aliphatic rings. The third-order valence-electron chi connectivity index (χ3n) is 4.32. The summed E-state index contributed by atoms with van der Waals surface area (Å²) in [6.07, 6.45) is -4.69. The molecular weight excluding hydrogens is 345 g/mol. The van der Waals surface area contributed by atoms with E-state index in [1.807, 2.05) is 19.1 Å². The molecule has 0 radical (unpaired) electrons. The number of hydrogen-bond donors (Lipinski definition) is 1. The number of nitrogens with one attached hydrogen (secondary N) is 1. The van der Waals surface area contributed by atoms with Crippen molar-refractivity contribution in [1.29, 1.82) is 0 Å².